The maximum Gasteiger partial charge on any atom is 0.411 e. The highest BCUT2D eigenvalue weighted by molar-refractivity contribution is 5.87. The minimum absolute atomic E-state index is 0.0366. The van der Waals surface area contributed by atoms with Crippen LogP contribution < -0.4 is 16.0 Å². The van der Waals surface area contributed by atoms with Crippen LogP contribution >= 0.6 is 0 Å². The molecule has 1 saturated carbocycles. The van der Waals surface area contributed by atoms with E-state index >= 15 is 0 Å². The molecule has 1 aliphatic rings. The molecule has 1 atom stereocenters. The highest BCUT2D eigenvalue weighted by Crippen LogP contribution is 2.24. The molecule has 0 spiro atoms. The number of amides is 2. The predicted octanol–water partition coefficient (Wildman–Crippen LogP) is 3.30. The number of hydrogen-bond donors (Lipinski definition) is 3. The van der Waals surface area contributed by atoms with E-state index in [9.17, 15) is 9.59 Å². The van der Waals surface area contributed by atoms with Crippen LogP contribution in [-0.2, 0) is 9.53 Å². The Kier molecular flexibility index (Phi) is 5.18. The molecule has 0 bridgehead atoms. The molecule has 6 heteroatoms. The second-order valence-corrected chi connectivity index (χ2v) is 5.96. The first-order valence-corrected chi connectivity index (χ1v) is 8.22. The maximum atomic E-state index is 12.6. The van der Waals surface area contributed by atoms with Crippen molar-refractivity contribution in [1.29, 1.82) is 0 Å². The van der Waals surface area contributed by atoms with Crippen molar-refractivity contribution in [3.8, 4) is 0 Å². The Bertz CT molecular complexity index is 727. The SMILES string of the molecule is COC(=O)Nc1ccc(NC(C(=O)NC2CC2)c2ccccc2)cc1. The molecule has 0 aliphatic heterocycles. The summed E-state index contributed by atoms with van der Waals surface area (Å²) in [5.41, 5.74) is 2.31. The first kappa shape index (κ1) is 16.8. The third-order valence-corrected chi connectivity index (χ3v) is 3.95. The lowest BCUT2D eigenvalue weighted by atomic mass is 10.1. The van der Waals surface area contributed by atoms with Gasteiger partial charge in [-0.05, 0) is 42.7 Å². The van der Waals surface area contributed by atoms with E-state index in [1.165, 1.54) is 7.11 Å². The lowest BCUT2D eigenvalue weighted by Crippen LogP contribution is -2.34. The van der Waals surface area contributed by atoms with Crippen molar-refractivity contribution in [2.45, 2.75) is 24.9 Å². The van der Waals surface area contributed by atoms with Gasteiger partial charge in [0, 0.05) is 17.4 Å². The van der Waals surface area contributed by atoms with E-state index in [2.05, 4.69) is 20.7 Å². The van der Waals surface area contributed by atoms with Gasteiger partial charge in [-0.25, -0.2) is 4.79 Å². The average molecular weight is 339 g/mol. The third kappa shape index (κ3) is 4.73. The van der Waals surface area contributed by atoms with Crippen LogP contribution in [0.2, 0.25) is 0 Å². The first-order valence-electron chi connectivity index (χ1n) is 8.22. The summed E-state index contributed by atoms with van der Waals surface area (Å²) in [6.45, 7) is 0. The Morgan fingerprint density at radius 1 is 1.00 bits per heavy atom. The largest absolute Gasteiger partial charge is 0.453 e. The summed E-state index contributed by atoms with van der Waals surface area (Å²) < 4.78 is 4.56. The fraction of sp³-hybridized carbons (Fsp3) is 0.263. The number of benzene rings is 2. The fourth-order valence-corrected chi connectivity index (χ4v) is 2.44. The Morgan fingerprint density at radius 3 is 2.24 bits per heavy atom. The predicted molar refractivity (Wildman–Crippen MR) is 96.4 cm³/mol. The molecule has 25 heavy (non-hydrogen) atoms. The van der Waals surface area contributed by atoms with Crippen molar-refractivity contribution >= 4 is 23.4 Å². The smallest absolute Gasteiger partial charge is 0.411 e. The van der Waals surface area contributed by atoms with Gasteiger partial charge in [-0.1, -0.05) is 30.3 Å². The summed E-state index contributed by atoms with van der Waals surface area (Å²) in [5, 5.41) is 8.90. The van der Waals surface area contributed by atoms with E-state index in [1.807, 2.05) is 42.5 Å². The Balaban J connectivity index is 1.73. The van der Waals surface area contributed by atoms with E-state index < -0.39 is 12.1 Å². The second-order valence-electron chi connectivity index (χ2n) is 5.96. The molecule has 1 aliphatic carbocycles. The summed E-state index contributed by atoms with van der Waals surface area (Å²) in [5.74, 6) is -0.0366. The lowest BCUT2D eigenvalue weighted by molar-refractivity contribution is -0.122. The van der Waals surface area contributed by atoms with Crippen LogP contribution in [0.15, 0.2) is 54.6 Å². The molecule has 0 heterocycles. The van der Waals surface area contributed by atoms with Crippen LogP contribution in [-0.4, -0.2) is 25.2 Å². The van der Waals surface area contributed by atoms with Crippen LogP contribution in [0.4, 0.5) is 16.2 Å². The van der Waals surface area contributed by atoms with Gasteiger partial charge < -0.3 is 15.4 Å². The molecule has 3 rings (SSSR count). The number of anilines is 2. The van der Waals surface area contributed by atoms with Crippen LogP contribution in [0.5, 0.6) is 0 Å². The van der Waals surface area contributed by atoms with E-state index in [0.717, 1.165) is 24.1 Å². The van der Waals surface area contributed by atoms with Gasteiger partial charge in [0.2, 0.25) is 5.91 Å². The van der Waals surface area contributed by atoms with Crippen LogP contribution in [0.1, 0.15) is 24.4 Å². The molecule has 1 fully saturated rings. The van der Waals surface area contributed by atoms with Gasteiger partial charge in [0.25, 0.3) is 0 Å². The molecule has 3 N–H and O–H groups in total. The van der Waals surface area contributed by atoms with E-state index in [4.69, 9.17) is 0 Å². The molecular formula is C19H21N3O3. The topological polar surface area (TPSA) is 79.5 Å². The van der Waals surface area contributed by atoms with Gasteiger partial charge in [-0.2, -0.15) is 0 Å². The summed E-state index contributed by atoms with van der Waals surface area (Å²) in [4.78, 5) is 23.8. The highest BCUT2D eigenvalue weighted by Gasteiger charge is 2.28. The summed E-state index contributed by atoms with van der Waals surface area (Å²) >= 11 is 0. The third-order valence-electron chi connectivity index (χ3n) is 3.95. The van der Waals surface area contributed by atoms with Gasteiger partial charge in [-0.3, -0.25) is 10.1 Å². The van der Waals surface area contributed by atoms with Crippen LogP contribution in [0.3, 0.4) is 0 Å². The Morgan fingerprint density at radius 2 is 1.64 bits per heavy atom. The highest BCUT2D eigenvalue weighted by atomic mass is 16.5. The molecule has 1 unspecified atom stereocenters. The van der Waals surface area contributed by atoms with Gasteiger partial charge in [0.05, 0.1) is 7.11 Å². The van der Waals surface area contributed by atoms with Crippen molar-refractivity contribution in [1.82, 2.24) is 5.32 Å². The number of carbonyl (C=O) groups is 2. The van der Waals surface area contributed by atoms with Crippen molar-refractivity contribution in [2.24, 2.45) is 0 Å². The molecule has 0 saturated heterocycles. The zero-order valence-corrected chi connectivity index (χ0v) is 14.0. The van der Waals surface area contributed by atoms with Gasteiger partial charge in [0.15, 0.2) is 0 Å². The number of methoxy groups -OCH3 is 1. The number of carbonyl (C=O) groups excluding carboxylic acids is 2. The number of nitrogens with one attached hydrogen (secondary N) is 3. The van der Waals surface area contributed by atoms with Crippen molar-refractivity contribution in [3.05, 3.63) is 60.2 Å². The zero-order chi connectivity index (χ0) is 17.6. The van der Waals surface area contributed by atoms with Crippen molar-refractivity contribution < 1.29 is 14.3 Å². The summed E-state index contributed by atoms with van der Waals surface area (Å²) in [6, 6.07) is 16.6. The number of rotatable bonds is 6. The minimum atomic E-state index is -0.522. The quantitative estimate of drug-likeness (QED) is 0.754. The van der Waals surface area contributed by atoms with E-state index in [0.29, 0.717) is 11.7 Å². The summed E-state index contributed by atoms with van der Waals surface area (Å²) in [6.07, 6.45) is 1.56. The van der Waals surface area contributed by atoms with Crippen molar-refractivity contribution in [2.75, 3.05) is 17.7 Å². The van der Waals surface area contributed by atoms with Crippen LogP contribution in [0.25, 0.3) is 0 Å². The maximum absolute atomic E-state index is 12.6. The average Bonchev–Trinajstić information content (AvgIpc) is 3.45. The Hall–Kier alpha value is -3.02. The minimum Gasteiger partial charge on any atom is -0.453 e. The van der Waals surface area contributed by atoms with E-state index in [1.54, 1.807) is 12.1 Å². The normalized spacial score (nSPS) is 14.3. The molecule has 2 amide bonds. The first-order chi connectivity index (χ1) is 12.2. The fourth-order valence-electron chi connectivity index (χ4n) is 2.44. The van der Waals surface area contributed by atoms with Gasteiger partial charge in [0.1, 0.15) is 6.04 Å². The van der Waals surface area contributed by atoms with Crippen LogP contribution in [0, 0.1) is 0 Å². The molecule has 2 aromatic rings. The van der Waals surface area contributed by atoms with Crippen molar-refractivity contribution in [3.63, 3.8) is 0 Å². The summed E-state index contributed by atoms with van der Waals surface area (Å²) in [7, 11) is 1.31. The molecule has 130 valence electrons. The second kappa shape index (κ2) is 7.70. The monoisotopic (exact) mass is 339 g/mol. The molecular weight excluding hydrogens is 318 g/mol. The molecule has 0 aromatic heterocycles. The molecule has 6 nitrogen and oxygen atoms in total. The van der Waals surface area contributed by atoms with Gasteiger partial charge in [-0.15, -0.1) is 0 Å². The standard InChI is InChI=1S/C19H21N3O3/c1-25-19(24)22-16-11-7-14(8-12-16)20-17(13-5-3-2-4-6-13)18(23)21-15-9-10-15/h2-8,11-12,15,17,20H,9-10H2,1H3,(H,21,23)(H,22,24). The zero-order valence-electron chi connectivity index (χ0n) is 14.0. The number of ether oxygens (including phenoxy) is 1. The lowest BCUT2D eigenvalue weighted by Gasteiger charge is -2.20. The number of hydrogen-bond acceptors (Lipinski definition) is 4. The van der Waals surface area contributed by atoms with Gasteiger partial charge >= 0.3 is 6.09 Å². The Labute approximate surface area is 146 Å². The van der Waals surface area contributed by atoms with E-state index in [-0.39, 0.29) is 5.91 Å². The molecule has 0 radical (unpaired) electrons. The molecule has 2 aromatic carbocycles.